The number of hydrogen-bond donors (Lipinski definition) is 1. The standard InChI is InChI=1S/C8H5NO2S/c10-8(11)5-1-2-6-4-12-9-7(6)3-5/h1-4H,(H,10,11). The summed E-state index contributed by atoms with van der Waals surface area (Å²) in [5.41, 5.74) is 1.04. The van der Waals surface area contributed by atoms with Gasteiger partial charge in [0, 0.05) is 10.8 Å². The molecule has 0 aliphatic heterocycles. The van der Waals surface area contributed by atoms with Crippen molar-refractivity contribution in [2.75, 3.05) is 0 Å². The molecular formula is C8H5NO2S. The summed E-state index contributed by atoms with van der Waals surface area (Å²) in [6, 6.07) is 4.93. The molecule has 60 valence electrons. The van der Waals surface area contributed by atoms with E-state index in [4.69, 9.17) is 5.11 Å². The Hall–Kier alpha value is -1.42. The molecule has 4 heteroatoms. The van der Waals surface area contributed by atoms with Gasteiger partial charge in [-0.2, -0.15) is 4.37 Å². The molecule has 0 aliphatic carbocycles. The summed E-state index contributed by atoms with van der Waals surface area (Å²) in [6.45, 7) is 0. The van der Waals surface area contributed by atoms with E-state index in [0.29, 0.717) is 0 Å². The number of fused-ring (bicyclic) bond motifs is 1. The Morgan fingerprint density at radius 2 is 2.33 bits per heavy atom. The lowest BCUT2D eigenvalue weighted by atomic mass is 10.2. The molecule has 0 fully saturated rings. The first-order chi connectivity index (χ1) is 5.77. The first kappa shape index (κ1) is 7.24. The van der Waals surface area contributed by atoms with Crippen LogP contribution in [0.15, 0.2) is 23.6 Å². The van der Waals surface area contributed by atoms with Crippen molar-refractivity contribution < 1.29 is 9.90 Å². The van der Waals surface area contributed by atoms with Crippen molar-refractivity contribution >= 4 is 28.4 Å². The van der Waals surface area contributed by atoms with Crippen LogP contribution in [0, 0.1) is 0 Å². The van der Waals surface area contributed by atoms with Crippen LogP contribution < -0.4 is 0 Å². The van der Waals surface area contributed by atoms with Crippen LogP contribution in [-0.4, -0.2) is 15.4 Å². The average molecular weight is 179 g/mol. The second-order valence-corrected chi connectivity index (χ2v) is 3.02. The van der Waals surface area contributed by atoms with Crippen LogP contribution in [0.25, 0.3) is 10.9 Å². The van der Waals surface area contributed by atoms with Gasteiger partial charge < -0.3 is 5.11 Å². The van der Waals surface area contributed by atoms with E-state index in [1.807, 2.05) is 5.38 Å². The second-order valence-electron chi connectivity index (χ2n) is 2.39. The fourth-order valence-corrected chi connectivity index (χ4v) is 1.63. The van der Waals surface area contributed by atoms with Crippen molar-refractivity contribution in [3.8, 4) is 0 Å². The zero-order chi connectivity index (χ0) is 8.55. The molecule has 0 amide bonds. The largest absolute Gasteiger partial charge is 0.478 e. The molecule has 2 rings (SSSR count). The van der Waals surface area contributed by atoms with Gasteiger partial charge in [0.1, 0.15) is 0 Å². The third-order valence-corrected chi connectivity index (χ3v) is 2.27. The van der Waals surface area contributed by atoms with Crippen molar-refractivity contribution in [3.63, 3.8) is 0 Å². The number of hydrogen-bond acceptors (Lipinski definition) is 3. The van der Waals surface area contributed by atoms with Gasteiger partial charge in [0.2, 0.25) is 0 Å². The Morgan fingerprint density at radius 3 is 3.08 bits per heavy atom. The molecule has 0 aliphatic rings. The Bertz CT molecular complexity index is 435. The van der Waals surface area contributed by atoms with E-state index < -0.39 is 5.97 Å². The van der Waals surface area contributed by atoms with E-state index in [1.54, 1.807) is 18.2 Å². The average Bonchev–Trinajstić information content (AvgIpc) is 2.49. The molecule has 0 unspecified atom stereocenters. The first-order valence-corrected chi connectivity index (χ1v) is 4.18. The molecule has 0 radical (unpaired) electrons. The smallest absolute Gasteiger partial charge is 0.335 e. The summed E-state index contributed by atoms with van der Waals surface area (Å²) in [6.07, 6.45) is 0. The highest BCUT2D eigenvalue weighted by molar-refractivity contribution is 7.04. The quantitative estimate of drug-likeness (QED) is 0.728. The number of carboxylic acids is 1. The Labute approximate surface area is 72.4 Å². The highest BCUT2D eigenvalue weighted by atomic mass is 32.1. The second kappa shape index (κ2) is 2.57. The van der Waals surface area contributed by atoms with Crippen molar-refractivity contribution in [2.45, 2.75) is 0 Å². The van der Waals surface area contributed by atoms with Crippen molar-refractivity contribution in [3.05, 3.63) is 29.1 Å². The zero-order valence-corrected chi connectivity index (χ0v) is 6.84. The van der Waals surface area contributed by atoms with E-state index in [0.717, 1.165) is 10.9 Å². The van der Waals surface area contributed by atoms with E-state index in [9.17, 15) is 4.79 Å². The van der Waals surface area contributed by atoms with Crippen molar-refractivity contribution in [1.82, 2.24) is 4.37 Å². The van der Waals surface area contributed by atoms with Crippen LogP contribution in [-0.2, 0) is 0 Å². The van der Waals surface area contributed by atoms with Gasteiger partial charge in [0.05, 0.1) is 11.1 Å². The number of aromatic nitrogens is 1. The van der Waals surface area contributed by atoms with E-state index in [2.05, 4.69) is 4.37 Å². The van der Waals surface area contributed by atoms with Crippen LogP contribution in [0.4, 0.5) is 0 Å². The SMILES string of the molecule is O=C(O)c1ccc2csnc2c1. The van der Waals surface area contributed by atoms with Gasteiger partial charge in [-0.25, -0.2) is 4.79 Å². The summed E-state index contributed by atoms with van der Waals surface area (Å²) in [4.78, 5) is 10.5. The topological polar surface area (TPSA) is 50.2 Å². The summed E-state index contributed by atoms with van der Waals surface area (Å²) in [7, 11) is 0. The highest BCUT2D eigenvalue weighted by Gasteiger charge is 2.03. The lowest BCUT2D eigenvalue weighted by Crippen LogP contribution is -1.94. The van der Waals surface area contributed by atoms with Crippen molar-refractivity contribution in [2.24, 2.45) is 0 Å². The molecule has 1 aromatic heterocycles. The Morgan fingerprint density at radius 1 is 1.50 bits per heavy atom. The summed E-state index contributed by atoms with van der Waals surface area (Å²) in [5.74, 6) is -0.912. The van der Waals surface area contributed by atoms with E-state index in [-0.39, 0.29) is 5.56 Å². The summed E-state index contributed by atoms with van der Waals surface area (Å²) in [5, 5.41) is 11.5. The van der Waals surface area contributed by atoms with Crippen LogP contribution in [0.5, 0.6) is 0 Å². The number of rotatable bonds is 1. The molecule has 0 saturated carbocycles. The third-order valence-electron chi connectivity index (χ3n) is 1.61. The van der Waals surface area contributed by atoms with Crippen LogP contribution >= 0.6 is 11.5 Å². The fourth-order valence-electron chi connectivity index (χ4n) is 0.995. The van der Waals surface area contributed by atoms with Crippen LogP contribution in [0.3, 0.4) is 0 Å². The molecule has 0 saturated heterocycles. The number of carboxylic acid groups (broad SMARTS) is 1. The molecule has 0 spiro atoms. The predicted octanol–water partition coefficient (Wildman–Crippen LogP) is 1.99. The summed E-state index contributed by atoms with van der Waals surface area (Å²) < 4.78 is 4.04. The maximum absolute atomic E-state index is 10.5. The third kappa shape index (κ3) is 1.06. The fraction of sp³-hybridized carbons (Fsp3) is 0. The highest BCUT2D eigenvalue weighted by Crippen LogP contribution is 2.16. The van der Waals surface area contributed by atoms with Gasteiger partial charge in [-0.05, 0) is 23.7 Å². The van der Waals surface area contributed by atoms with Gasteiger partial charge in [-0.15, -0.1) is 0 Å². The van der Waals surface area contributed by atoms with Gasteiger partial charge >= 0.3 is 5.97 Å². The Balaban J connectivity index is 2.68. The lowest BCUT2D eigenvalue weighted by Gasteiger charge is -1.91. The zero-order valence-electron chi connectivity index (χ0n) is 6.02. The minimum atomic E-state index is -0.912. The van der Waals surface area contributed by atoms with Gasteiger partial charge in [0.25, 0.3) is 0 Å². The molecule has 2 aromatic rings. The lowest BCUT2D eigenvalue weighted by molar-refractivity contribution is 0.0697. The maximum Gasteiger partial charge on any atom is 0.335 e. The molecular weight excluding hydrogens is 174 g/mol. The van der Waals surface area contributed by atoms with Crippen LogP contribution in [0.2, 0.25) is 0 Å². The number of aromatic carboxylic acids is 1. The molecule has 12 heavy (non-hydrogen) atoms. The number of nitrogens with zero attached hydrogens (tertiary/aromatic N) is 1. The van der Waals surface area contributed by atoms with Crippen molar-refractivity contribution in [1.29, 1.82) is 0 Å². The molecule has 1 aromatic carbocycles. The summed E-state index contributed by atoms with van der Waals surface area (Å²) >= 11 is 1.33. The Kier molecular flexibility index (Phi) is 1.55. The monoisotopic (exact) mass is 179 g/mol. The predicted molar refractivity (Wildman–Crippen MR) is 46.6 cm³/mol. The normalized spacial score (nSPS) is 10.3. The number of carbonyl (C=O) groups is 1. The van der Waals surface area contributed by atoms with Gasteiger partial charge in [-0.3, -0.25) is 0 Å². The minimum Gasteiger partial charge on any atom is -0.478 e. The first-order valence-electron chi connectivity index (χ1n) is 3.35. The van der Waals surface area contributed by atoms with Crippen LogP contribution in [0.1, 0.15) is 10.4 Å². The van der Waals surface area contributed by atoms with E-state index >= 15 is 0 Å². The van der Waals surface area contributed by atoms with E-state index in [1.165, 1.54) is 11.5 Å². The minimum absolute atomic E-state index is 0.286. The molecule has 1 heterocycles. The molecule has 1 N–H and O–H groups in total. The molecule has 3 nitrogen and oxygen atoms in total. The number of benzene rings is 1. The molecule has 0 atom stereocenters. The van der Waals surface area contributed by atoms with Gasteiger partial charge in [-0.1, -0.05) is 6.07 Å². The van der Waals surface area contributed by atoms with Gasteiger partial charge in [0.15, 0.2) is 0 Å². The molecule has 0 bridgehead atoms. The maximum atomic E-state index is 10.5.